The van der Waals surface area contributed by atoms with E-state index < -0.39 is 0 Å². The molecule has 0 radical (unpaired) electrons. The molecule has 0 amide bonds. The molecule has 0 aliphatic heterocycles. The summed E-state index contributed by atoms with van der Waals surface area (Å²) in [4.78, 5) is 12.1. The normalized spacial score (nSPS) is 10.6. The van der Waals surface area contributed by atoms with Crippen LogP contribution in [0.2, 0.25) is 10.0 Å². The van der Waals surface area contributed by atoms with E-state index in [4.69, 9.17) is 23.2 Å². The predicted molar refractivity (Wildman–Crippen MR) is 86.3 cm³/mol. The van der Waals surface area contributed by atoms with E-state index in [1.165, 1.54) is 0 Å². The lowest BCUT2D eigenvalue weighted by molar-refractivity contribution is -0.118. The predicted octanol–water partition coefficient (Wildman–Crippen LogP) is 4.75. The van der Waals surface area contributed by atoms with Gasteiger partial charge in [0.1, 0.15) is 11.5 Å². The van der Waals surface area contributed by atoms with Crippen molar-refractivity contribution >= 4 is 29.0 Å². The first-order valence-electron chi connectivity index (χ1n) is 6.70. The van der Waals surface area contributed by atoms with Crippen molar-refractivity contribution in [2.24, 2.45) is 0 Å². The summed E-state index contributed by atoms with van der Waals surface area (Å²) in [6, 6.07) is 10.6. The first-order chi connectivity index (χ1) is 9.97. The average molecular weight is 323 g/mol. The number of hydrogen-bond donors (Lipinski definition) is 1. The number of Topliss-reactive ketones (excluding diaryl/α,β-unsaturated/α-hetero) is 1. The van der Waals surface area contributed by atoms with Gasteiger partial charge >= 0.3 is 0 Å². The number of hydrogen-bond acceptors (Lipinski definition) is 2. The minimum absolute atomic E-state index is 0.0480. The van der Waals surface area contributed by atoms with Gasteiger partial charge in [0, 0.05) is 28.5 Å². The van der Waals surface area contributed by atoms with Crippen LogP contribution >= 0.6 is 23.2 Å². The van der Waals surface area contributed by atoms with E-state index >= 15 is 0 Å². The zero-order valence-electron chi connectivity index (χ0n) is 11.7. The van der Waals surface area contributed by atoms with Crippen LogP contribution in [-0.2, 0) is 17.6 Å². The van der Waals surface area contributed by atoms with Gasteiger partial charge in [0.25, 0.3) is 0 Å². The van der Waals surface area contributed by atoms with E-state index in [1.54, 1.807) is 24.3 Å². The highest BCUT2D eigenvalue weighted by Gasteiger charge is 2.11. The smallest absolute Gasteiger partial charge is 0.137 e. The van der Waals surface area contributed by atoms with Crippen molar-refractivity contribution in [3.63, 3.8) is 0 Å². The quantitative estimate of drug-likeness (QED) is 0.862. The van der Waals surface area contributed by atoms with Crippen molar-refractivity contribution in [2.75, 3.05) is 0 Å². The van der Waals surface area contributed by atoms with Crippen molar-refractivity contribution in [1.29, 1.82) is 0 Å². The Hall–Kier alpha value is -1.51. The van der Waals surface area contributed by atoms with Crippen LogP contribution < -0.4 is 0 Å². The highest BCUT2D eigenvalue weighted by atomic mass is 35.5. The van der Waals surface area contributed by atoms with Crippen LogP contribution in [0, 0.1) is 6.92 Å². The standard InChI is InChI=1S/C17H16Cl2O2/c1-11-5-8-17(21)12(9-11)10-13(20)6-7-14-15(18)3-2-4-16(14)19/h2-5,8-9,21H,6-7,10H2,1H3. The molecule has 2 aromatic carbocycles. The Morgan fingerprint density at radius 2 is 1.81 bits per heavy atom. The average Bonchev–Trinajstić information content (AvgIpc) is 2.42. The molecule has 0 saturated heterocycles. The van der Waals surface area contributed by atoms with Gasteiger partial charge in [0.05, 0.1) is 0 Å². The van der Waals surface area contributed by atoms with Crippen LogP contribution in [0.5, 0.6) is 5.75 Å². The van der Waals surface area contributed by atoms with Gasteiger partial charge in [-0.05, 0) is 37.1 Å². The lowest BCUT2D eigenvalue weighted by Gasteiger charge is -2.08. The number of aromatic hydroxyl groups is 1. The third-order valence-electron chi connectivity index (χ3n) is 3.34. The number of carbonyl (C=O) groups is 1. The third-order valence-corrected chi connectivity index (χ3v) is 4.05. The summed E-state index contributed by atoms with van der Waals surface area (Å²) in [7, 11) is 0. The summed E-state index contributed by atoms with van der Waals surface area (Å²) in [6.45, 7) is 1.93. The van der Waals surface area contributed by atoms with Gasteiger partial charge in [0.15, 0.2) is 0 Å². The molecular weight excluding hydrogens is 307 g/mol. The zero-order valence-corrected chi connectivity index (χ0v) is 13.2. The minimum Gasteiger partial charge on any atom is -0.508 e. The summed E-state index contributed by atoms with van der Waals surface area (Å²) < 4.78 is 0. The van der Waals surface area contributed by atoms with Gasteiger partial charge in [-0.2, -0.15) is 0 Å². The lowest BCUT2D eigenvalue weighted by Crippen LogP contribution is -2.05. The maximum Gasteiger partial charge on any atom is 0.137 e. The maximum atomic E-state index is 12.1. The van der Waals surface area contributed by atoms with E-state index in [1.807, 2.05) is 19.1 Å². The number of rotatable bonds is 5. The minimum atomic E-state index is 0.0480. The zero-order chi connectivity index (χ0) is 15.4. The molecule has 1 N–H and O–H groups in total. The van der Waals surface area contributed by atoms with E-state index in [9.17, 15) is 9.90 Å². The van der Waals surface area contributed by atoms with Crippen LogP contribution in [0.25, 0.3) is 0 Å². The Balaban J connectivity index is 2.01. The van der Waals surface area contributed by atoms with Crippen LogP contribution in [-0.4, -0.2) is 10.9 Å². The molecule has 0 spiro atoms. The second-order valence-electron chi connectivity index (χ2n) is 5.05. The molecular formula is C17H16Cl2O2. The number of halogens is 2. The fourth-order valence-electron chi connectivity index (χ4n) is 2.19. The van der Waals surface area contributed by atoms with Gasteiger partial charge in [-0.15, -0.1) is 0 Å². The SMILES string of the molecule is Cc1ccc(O)c(CC(=O)CCc2c(Cl)cccc2Cl)c1. The molecule has 0 aromatic heterocycles. The molecule has 4 heteroatoms. The van der Waals surface area contributed by atoms with Crippen molar-refractivity contribution in [3.8, 4) is 5.75 Å². The summed E-state index contributed by atoms with van der Waals surface area (Å²) in [5.41, 5.74) is 2.47. The molecule has 2 aromatic rings. The number of benzene rings is 2. The molecule has 0 fully saturated rings. The van der Waals surface area contributed by atoms with Crippen molar-refractivity contribution in [3.05, 3.63) is 63.1 Å². The molecule has 110 valence electrons. The maximum absolute atomic E-state index is 12.1. The number of carbonyl (C=O) groups excluding carboxylic acids is 1. The molecule has 2 nitrogen and oxygen atoms in total. The van der Waals surface area contributed by atoms with Gasteiger partial charge in [-0.1, -0.05) is 47.0 Å². The molecule has 21 heavy (non-hydrogen) atoms. The fraction of sp³-hybridized carbons (Fsp3) is 0.235. The molecule has 0 atom stereocenters. The van der Waals surface area contributed by atoms with Gasteiger partial charge in [-0.25, -0.2) is 0 Å². The Kier molecular flexibility index (Phi) is 5.27. The number of ketones is 1. The second-order valence-corrected chi connectivity index (χ2v) is 5.86. The Bertz CT molecular complexity index is 646. The molecule has 2 rings (SSSR count). The first-order valence-corrected chi connectivity index (χ1v) is 7.46. The topological polar surface area (TPSA) is 37.3 Å². The lowest BCUT2D eigenvalue weighted by atomic mass is 10.0. The van der Waals surface area contributed by atoms with Gasteiger partial charge in [-0.3, -0.25) is 4.79 Å². The highest BCUT2D eigenvalue weighted by Crippen LogP contribution is 2.26. The molecule has 0 saturated carbocycles. The van der Waals surface area contributed by atoms with E-state index in [2.05, 4.69) is 0 Å². The number of phenolic OH excluding ortho intramolecular Hbond substituents is 1. The molecule has 0 aliphatic rings. The Morgan fingerprint density at radius 1 is 1.14 bits per heavy atom. The van der Waals surface area contributed by atoms with E-state index in [-0.39, 0.29) is 18.0 Å². The van der Waals surface area contributed by atoms with Gasteiger partial charge in [0.2, 0.25) is 0 Å². The molecule has 0 bridgehead atoms. The summed E-state index contributed by atoms with van der Waals surface area (Å²) in [5, 5.41) is 10.9. The first kappa shape index (κ1) is 15.9. The number of aryl methyl sites for hydroxylation is 1. The highest BCUT2D eigenvalue weighted by molar-refractivity contribution is 6.36. The summed E-state index contributed by atoms with van der Waals surface area (Å²) in [5.74, 6) is 0.205. The second kappa shape index (κ2) is 6.97. The fourth-order valence-corrected chi connectivity index (χ4v) is 2.78. The van der Waals surface area contributed by atoms with Crippen molar-refractivity contribution in [2.45, 2.75) is 26.2 Å². The molecule has 0 heterocycles. The van der Waals surface area contributed by atoms with Crippen LogP contribution in [0.4, 0.5) is 0 Å². The third kappa shape index (κ3) is 4.23. The van der Waals surface area contributed by atoms with Crippen LogP contribution in [0.15, 0.2) is 36.4 Å². The van der Waals surface area contributed by atoms with E-state index in [0.717, 1.165) is 11.1 Å². The van der Waals surface area contributed by atoms with Crippen molar-refractivity contribution in [1.82, 2.24) is 0 Å². The monoisotopic (exact) mass is 322 g/mol. The van der Waals surface area contributed by atoms with E-state index in [0.29, 0.717) is 28.5 Å². The largest absolute Gasteiger partial charge is 0.508 e. The van der Waals surface area contributed by atoms with Crippen molar-refractivity contribution < 1.29 is 9.90 Å². The number of phenols is 1. The molecule has 0 unspecified atom stereocenters. The Morgan fingerprint density at radius 3 is 2.48 bits per heavy atom. The summed E-state index contributed by atoms with van der Waals surface area (Å²) >= 11 is 12.2. The van der Waals surface area contributed by atoms with Crippen LogP contribution in [0.3, 0.4) is 0 Å². The summed E-state index contributed by atoms with van der Waals surface area (Å²) in [6.07, 6.45) is 1.07. The van der Waals surface area contributed by atoms with Gasteiger partial charge < -0.3 is 5.11 Å². The van der Waals surface area contributed by atoms with Crippen LogP contribution in [0.1, 0.15) is 23.1 Å². The Labute approximate surface area is 134 Å². The molecule has 0 aliphatic carbocycles.